The van der Waals surface area contributed by atoms with Gasteiger partial charge < -0.3 is 0 Å². The molecule has 0 atom stereocenters. The van der Waals surface area contributed by atoms with Crippen LogP contribution in [0.15, 0.2) is 51.5 Å². The number of aromatic nitrogens is 3. The van der Waals surface area contributed by atoms with Crippen molar-refractivity contribution in [2.45, 2.75) is 11.1 Å². The number of thiazole rings is 1. The molecule has 1 aromatic carbocycles. The lowest BCUT2D eigenvalue weighted by Gasteiger charge is -2.06. The molecule has 24 heavy (non-hydrogen) atoms. The van der Waals surface area contributed by atoms with E-state index in [4.69, 9.17) is 0 Å². The molecule has 0 bridgehead atoms. The van der Waals surface area contributed by atoms with Crippen molar-refractivity contribution in [2.75, 3.05) is 11.6 Å². The van der Waals surface area contributed by atoms with Crippen LogP contribution in [-0.4, -0.2) is 26.9 Å². The van der Waals surface area contributed by atoms with Gasteiger partial charge in [-0.2, -0.15) is 9.78 Å². The molecule has 6 nitrogen and oxygen atoms in total. The van der Waals surface area contributed by atoms with Crippen LogP contribution < -0.4 is 10.9 Å². The maximum absolute atomic E-state index is 12.4. The smallest absolute Gasteiger partial charge is 0.277 e. The van der Waals surface area contributed by atoms with Gasteiger partial charge in [0.05, 0.1) is 15.6 Å². The molecule has 0 aliphatic rings. The lowest BCUT2D eigenvalue weighted by atomic mass is 10.3. The highest BCUT2D eigenvalue weighted by atomic mass is 32.2. The van der Waals surface area contributed by atoms with Gasteiger partial charge in [0, 0.05) is 6.07 Å². The van der Waals surface area contributed by atoms with Crippen molar-refractivity contribution < 1.29 is 4.79 Å². The zero-order valence-electron chi connectivity index (χ0n) is 13.0. The van der Waals surface area contributed by atoms with Gasteiger partial charge in [-0.05, 0) is 31.4 Å². The number of aryl methyl sites for hydroxylation is 1. The van der Waals surface area contributed by atoms with E-state index in [0.29, 0.717) is 10.8 Å². The molecular formula is C16H14N4O2S2. The van der Waals surface area contributed by atoms with Crippen LogP contribution in [0.5, 0.6) is 0 Å². The molecule has 0 aliphatic heterocycles. The normalized spacial score (nSPS) is 10.6. The first-order valence-electron chi connectivity index (χ1n) is 7.07. The Morgan fingerprint density at radius 3 is 2.62 bits per heavy atom. The second-order valence-electron chi connectivity index (χ2n) is 4.85. The van der Waals surface area contributed by atoms with Crippen molar-refractivity contribution in [3.63, 3.8) is 0 Å². The number of thioether (sulfide) groups is 1. The fourth-order valence-electron chi connectivity index (χ4n) is 2.07. The van der Waals surface area contributed by atoms with Crippen LogP contribution in [0.3, 0.4) is 0 Å². The number of hydrogen-bond donors (Lipinski definition) is 1. The van der Waals surface area contributed by atoms with Gasteiger partial charge in [-0.3, -0.25) is 14.9 Å². The number of nitrogens with zero attached hydrogens (tertiary/aromatic N) is 3. The first-order valence-corrected chi connectivity index (χ1v) is 9.11. The standard InChI is InChI=1S/C16H14N4O2S2/c1-10-15(23-2)24-16(17-10)18-14(22)12-8-9-13(21)20(19-12)11-6-4-3-5-7-11/h3-9H,1-2H3,(H,17,18,22). The molecule has 3 aromatic rings. The average Bonchev–Trinajstić information content (AvgIpc) is 2.95. The SMILES string of the molecule is CSc1sc(NC(=O)c2ccc(=O)n(-c3ccccc3)n2)nc1C. The summed E-state index contributed by atoms with van der Waals surface area (Å²) in [4.78, 5) is 28.7. The molecule has 3 rings (SSSR count). The molecule has 0 radical (unpaired) electrons. The molecular weight excluding hydrogens is 344 g/mol. The lowest BCUT2D eigenvalue weighted by Crippen LogP contribution is -2.24. The number of hydrogen-bond acceptors (Lipinski definition) is 6. The van der Waals surface area contributed by atoms with Crippen LogP contribution in [0.4, 0.5) is 5.13 Å². The molecule has 8 heteroatoms. The van der Waals surface area contributed by atoms with E-state index >= 15 is 0 Å². The highest BCUT2D eigenvalue weighted by molar-refractivity contribution is 8.00. The molecule has 0 spiro atoms. The number of carbonyl (C=O) groups is 1. The molecule has 1 amide bonds. The molecule has 0 saturated heterocycles. The second kappa shape index (κ2) is 6.98. The number of nitrogens with one attached hydrogen (secondary N) is 1. The van der Waals surface area contributed by atoms with Crippen LogP contribution >= 0.6 is 23.1 Å². The first kappa shape index (κ1) is 16.4. The van der Waals surface area contributed by atoms with Gasteiger partial charge in [-0.1, -0.05) is 29.5 Å². The van der Waals surface area contributed by atoms with Crippen LogP contribution in [-0.2, 0) is 0 Å². The third kappa shape index (κ3) is 3.39. The summed E-state index contributed by atoms with van der Waals surface area (Å²) in [6.45, 7) is 1.89. The summed E-state index contributed by atoms with van der Waals surface area (Å²) in [5, 5.41) is 7.40. The van der Waals surface area contributed by atoms with Gasteiger partial charge >= 0.3 is 0 Å². The Morgan fingerprint density at radius 2 is 1.96 bits per heavy atom. The lowest BCUT2D eigenvalue weighted by molar-refractivity contribution is 0.102. The molecule has 0 unspecified atom stereocenters. The third-order valence-corrected chi connectivity index (χ3v) is 5.48. The zero-order chi connectivity index (χ0) is 17.1. The van der Waals surface area contributed by atoms with E-state index in [0.717, 1.165) is 9.90 Å². The minimum absolute atomic E-state index is 0.150. The predicted molar refractivity (Wildman–Crippen MR) is 96.4 cm³/mol. The maximum atomic E-state index is 12.4. The predicted octanol–water partition coefficient (Wildman–Crippen LogP) is 2.97. The Labute approximate surface area is 146 Å². The van der Waals surface area contributed by atoms with E-state index in [9.17, 15) is 9.59 Å². The van der Waals surface area contributed by atoms with Gasteiger partial charge in [0.2, 0.25) is 0 Å². The van der Waals surface area contributed by atoms with Crippen LogP contribution in [0.25, 0.3) is 5.69 Å². The average molecular weight is 358 g/mol. The number of benzene rings is 1. The van der Waals surface area contributed by atoms with Crippen LogP contribution in [0.1, 0.15) is 16.2 Å². The van der Waals surface area contributed by atoms with Crippen LogP contribution in [0, 0.1) is 6.92 Å². The Bertz CT molecular complexity index is 935. The van der Waals surface area contributed by atoms with E-state index in [-0.39, 0.29) is 11.3 Å². The number of amides is 1. The minimum Gasteiger partial charge on any atom is -0.296 e. The van der Waals surface area contributed by atoms with Crippen molar-refractivity contribution in [3.8, 4) is 5.69 Å². The van der Waals surface area contributed by atoms with Gasteiger partial charge in [0.1, 0.15) is 5.69 Å². The van der Waals surface area contributed by atoms with E-state index in [1.807, 2.05) is 19.2 Å². The van der Waals surface area contributed by atoms with Gasteiger partial charge in [-0.25, -0.2) is 4.98 Å². The van der Waals surface area contributed by atoms with E-state index in [1.165, 1.54) is 28.2 Å². The van der Waals surface area contributed by atoms with Crippen molar-refractivity contribution in [3.05, 3.63) is 64.2 Å². The Kier molecular flexibility index (Phi) is 4.77. The van der Waals surface area contributed by atoms with Crippen molar-refractivity contribution in [1.29, 1.82) is 0 Å². The molecule has 122 valence electrons. The molecule has 2 heterocycles. The molecule has 0 fully saturated rings. The van der Waals surface area contributed by atoms with Crippen molar-refractivity contribution >= 4 is 34.1 Å². The summed E-state index contributed by atoms with van der Waals surface area (Å²) in [6.07, 6.45) is 1.96. The summed E-state index contributed by atoms with van der Waals surface area (Å²) >= 11 is 2.99. The Hall–Kier alpha value is -2.45. The van der Waals surface area contributed by atoms with Crippen molar-refractivity contribution in [2.24, 2.45) is 0 Å². The molecule has 1 N–H and O–H groups in total. The highest BCUT2D eigenvalue weighted by Gasteiger charge is 2.14. The topological polar surface area (TPSA) is 76.9 Å². The maximum Gasteiger partial charge on any atom is 0.277 e. The van der Waals surface area contributed by atoms with Crippen molar-refractivity contribution in [1.82, 2.24) is 14.8 Å². The van der Waals surface area contributed by atoms with Gasteiger partial charge in [0.25, 0.3) is 11.5 Å². The molecule has 2 aromatic heterocycles. The molecule has 0 aliphatic carbocycles. The second-order valence-corrected chi connectivity index (χ2v) is 6.93. The highest BCUT2D eigenvalue weighted by Crippen LogP contribution is 2.30. The summed E-state index contributed by atoms with van der Waals surface area (Å²) in [7, 11) is 0. The number of rotatable bonds is 4. The fourth-order valence-corrected chi connectivity index (χ4v) is 3.68. The molecule has 0 saturated carbocycles. The minimum atomic E-state index is -0.402. The number of para-hydroxylation sites is 1. The summed E-state index contributed by atoms with van der Waals surface area (Å²) in [5.74, 6) is -0.402. The summed E-state index contributed by atoms with van der Waals surface area (Å²) < 4.78 is 2.25. The Balaban J connectivity index is 1.89. The number of anilines is 1. The monoisotopic (exact) mass is 358 g/mol. The van der Waals surface area contributed by atoms with Gasteiger partial charge in [-0.15, -0.1) is 11.8 Å². The first-order chi connectivity index (χ1) is 11.6. The van der Waals surface area contributed by atoms with Gasteiger partial charge in [0.15, 0.2) is 5.13 Å². The van der Waals surface area contributed by atoms with E-state index < -0.39 is 5.91 Å². The zero-order valence-corrected chi connectivity index (χ0v) is 14.6. The summed E-state index contributed by atoms with van der Waals surface area (Å²) in [6, 6.07) is 11.7. The summed E-state index contributed by atoms with van der Waals surface area (Å²) in [5.41, 5.74) is 1.33. The third-order valence-electron chi connectivity index (χ3n) is 3.19. The largest absolute Gasteiger partial charge is 0.296 e. The van der Waals surface area contributed by atoms with Crippen LogP contribution in [0.2, 0.25) is 0 Å². The Morgan fingerprint density at radius 1 is 1.21 bits per heavy atom. The quantitative estimate of drug-likeness (QED) is 0.726. The van der Waals surface area contributed by atoms with E-state index in [1.54, 1.807) is 36.0 Å². The van der Waals surface area contributed by atoms with E-state index in [2.05, 4.69) is 15.4 Å². The number of carbonyl (C=O) groups excluding carboxylic acids is 1. The fraction of sp³-hybridized carbons (Fsp3) is 0.125.